The van der Waals surface area contributed by atoms with Crippen LogP contribution in [0.15, 0.2) is 189 Å². The molecule has 0 radical (unpaired) electrons. The summed E-state index contributed by atoms with van der Waals surface area (Å²) in [5.74, 6) is -0.234. The van der Waals surface area contributed by atoms with Crippen molar-refractivity contribution in [1.29, 1.82) is 0 Å². The molecule has 0 N–H and O–H groups in total. The van der Waals surface area contributed by atoms with Crippen LogP contribution in [-0.4, -0.2) is 32.3 Å². The Morgan fingerprint density at radius 2 is 0.652 bits per heavy atom. The van der Waals surface area contributed by atoms with Gasteiger partial charge >= 0.3 is 0 Å². The number of halogens is 3. The smallest absolute Gasteiger partial charge is 0.206 e. The third-order valence-electron chi connectivity index (χ3n) is 27.5. The third-order valence-corrected chi connectivity index (χ3v) is 45.2. The van der Waals surface area contributed by atoms with E-state index in [-0.39, 0.29) is 17.5 Å². The van der Waals surface area contributed by atoms with E-state index < -0.39 is 32.3 Å². The predicted octanol–water partition coefficient (Wildman–Crippen LogP) is 23.1. The molecule has 11 heteroatoms. The quantitative estimate of drug-likeness (QED) is 0.0762. The molecule has 4 nitrogen and oxygen atoms in total. The number of hydrogen-bond acceptors (Lipinski definition) is 0. The van der Waals surface area contributed by atoms with Gasteiger partial charge < -0.3 is 0 Å². The molecule has 576 valence electrons. The molecule has 0 atom stereocenters. The number of benzene rings is 9. The lowest BCUT2D eigenvalue weighted by molar-refractivity contribution is -0.659. The number of hydrogen-bond donors (Lipinski definition) is 0. The van der Waals surface area contributed by atoms with Crippen LogP contribution in [0.25, 0.3) is 99.2 Å². The second-order valence-electron chi connectivity index (χ2n) is 36.3. The van der Waals surface area contributed by atoms with E-state index in [1.807, 2.05) is 74.6 Å². The summed E-state index contributed by atoms with van der Waals surface area (Å²) < 4.78 is 52.9. The van der Waals surface area contributed by atoms with E-state index in [1.54, 1.807) is 15.6 Å². The standard InChI is InChI=1S/C28H30NSi.C25H31FNSi.2C24H29FNSi/c1-20-10-11-22(21-8-6-5-7-9-21)19-27(20)28-26-15-14-25(30(3,4)24-12-13-24)18-23(26)16-17-29(28)2;1-7-18-15-23(16(2)17(3)24(18)26)25-22-11-10-21(28(5,6)20-8-9-20)14-19(22)12-13-27(25)4;1-15-13-22(16(2)17(3)23(15)25)24-21-10-9-20(27(5,6)19-7-8-19)14-18(21)11-12-26(24)4;1-15-13-16(2)23(25)22(17(15)3)24-21-10-9-20(27(5,6)19-7-8-19)14-18(21)11-12-26(24)4/h5-11,14-19,24H,12-13H2,1-4H3;10-15,20H,7-9H2,1-6H3;2*9-14,19H,7-8H2,1-6H3/q4*+1. The van der Waals surface area contributed by atoms with E-state index in [2.05, 4.69) is 282 Å². The molecule has 0 bridgehead atoms. The fourth-order valence-electron chi connectivity index (χ4n) is 18.4. The maximum atomic E-state index is 15.2. The normalized spacial score (nSPS) is 14.6. The monoisotopic (exact) mass is 1560 g/mol. The SMILES string of the molecule is CCc1cc(-c2c3ccc([Si](C)(C)C4CC4)cc3cc[n+]2C)c(C)c(C)c1F.Cc1cc(-c2c3ccc([Si](C)(C)C4CC4)cc3cc[n+]2C)c(C)c(C)c1F.Cc1cc(C)c(F)c(-c2c3ccc([Si](C)(C)C4CC4)cc3cc[n+]2C)c1C.Cc1ccc(-c2ccccc2)cc1-c1c2ccc([Si](C)(C)C3CC3)cc2cc[n+]1C. The zero-order valence-corrected chi connectivity index (χ0v) is 75.0. The number of rotatable bonds is 14. The molecule has 4 aliphatic carbocycles. The summed E-state index contributed by atoms with van der Waals surface area (Å²) in [6.45, 7) is 40.0. The van der Waals surface area contributed by atoms with Crippen molar-refractivity contribution in [3.63, 3.8) is 0 Å². The van der Waals surface area contributed by atoms with Gasteiger partial charge in [-0.05, 0) is 222 Å². The molecule has 0 saturated heterocycles. The van der Waals surface area contributed by atoms with E-state index in [0.717, 1.165) is 88.9 Å². The lowest BCUT2D eigenvalue weighted by Crippen LogP contribution is -2.41. The molecule has 9 aromatic carbocycles. The zero-order chi connectivity index (χ0) is 80.1. The lowest BCUT2D eigenvalue weighted by Gasteiger charge is -2.23. The summed E-state index contributed by atoms with van der Waals surface area (Å²) in [6, 6.07) is 60.8. The van der Waals surface area contributed by atoms with Gasteiger partial charge in [-0.2, -0.15) is 0 Å². The van der Waals surface area contributed by atoms with Crippen molar-refractivity contribution in [3.05, 3.63) is 262 Å². The van der Waals surface area contributed by atoms with Gasteiger partial charge in [0.05, 0.1) is 76.1 Å². The van der Waals surface area contributed by atoms with Crippen LogP contribution in [-0.2, 0) is 34.6 Å². The fourth-order valence-corrected chi connectivity index (χ4v) is 30.8. The first kappa shape index (κ1) is 79.9. The van der Waals surface area contributed by atoms with Crippen LogP contribution < -0.4 is 39.0 Å². The topological polar surface area (TPSA) is 15.5 Å². The fraction of sp³-hybridized carbons (Fsp3) is 0.347. The first-order valence-corrected chi connectivity index (χ1v) is 53.6. The number of pyridine rings is 4. The summed E-state index contributed by atoms with van der Waals surface area (Å²) in [5.41, 5.74) is 24.6. The summed E-state index contributed by atoms with van der Waals surface area (Å²) in [5, 5.41) is 16.4. The summed E-state index contributed by atoms with van der Waals surface area (Å²) >= 11 is 0. The summed E-state index contributed by atoms with van der Waals surface area (Å²) in [6.07, 6.45) is 20.5. The number of aromatic nitrogens is 4. The number of nitrogens with zero attached hydrogens (tertiary/aromatic N) is 4. The molecule has 4 aromatic heterocycles. The van der Waals surface area contributed by atoms with Gasteiger partial charge in [-0.1, -0.05) is 228 Å². The Kier molecular flexibility index (Phi) is 22.0. The Morgan fingerprint density at radius 3 is 1.04 bits per heavy atom. The summed E-state index contributed by atoms with van der Waals surface area (Å²) in [4.78, 5) is 0. The van der Waals surface area contributed by atoms with Crippen molar-refractivity contribution in [2.75, 3.05) is 0 Å². The number of aryl methyl sites for hydroxylation is 9. The minimum atomic E-state index is -1.39. The Labute approximate surface area is 670 Å². The Hall–Kier alpha value is -8.72. The minimum absolute atomic E-state index is 0.0499. The highest BCUT2D eigenvalue weighted by atomic mass is 28.3. The lowest BCUT2D eigenvalue weighted by atomic mass is 9.93. The van der Waals surface area contributed by atoms with Gasteiger partial charge in [-0.15, -0.1) is 0 Å². The second-order valence-corrected chi connectivity index (χ2v) is 55.7. The van der Waals surface area contributed by atoms with Gasteiger partial charge in [0.25, 0.3) is 0 Å². The molecule has 0 aliphatic heterocycles. The summed E-state index contributed by atoms with van der Waals surface area (Å²) in [7, 11) is 2.88. The largest absolute Gasteiger partial charge is 0.223 e. The molecule has 0 unspecified atom stereocenters. The highest BCUT2D eigenvalue weighted by molar-refractivity contribution is 6.93. The molecule has 13 aromatic rings. The predicted molar refractivity (Wildman–Crippen MR) is 480 cm³/mol. The van der Waals surface area contributed by atoms with Gasteiger partial charge in [0.2, 0.25) is 22.8 Å². The third kappa shape index (κ3) is 15.3. The molecule has 0 amide bonds. The van der Waals surface area contributed by atoms with Crippen LogP contribution in [0.2, 0.25) is 74.5 Å². The minimum Gasteiger partial charge on any atom is -0.206 e. The van der Waals surface area contributed by atoms with Crippen LogP contribution in [0.1, 0.15) is 114 Å². The van der Waals surface area contributed by atoms with Crippen LogP contribution in [0.5, 0.6) is 0 Å². The molecule has 112 heavy (non-hydrogen) atoms. The molecular weight excluding hydrogens is 1440 g/mol. The zero-order valence-electron chi connectivity index (χ0n) is 71.0. The Morgan fingerprint density at radius 1 is 0.304 bits per heavy atom. The van der Waals surface area contributed by atoms with Gasteiger partial charge in [-0.3, -0.25) is 0 Å². The highest BCUT2D eigenvalue weighted by Crippen LogP contribution is 2.49. The maximum Gasteiger partial charge on any atom is 0.223 e. The molecule has 4 saturated carbocycles. The first-order chi connectivity index (χ1) is 53.1. The Balaban J connectivity index is 0.000000124. The van der Waals surface area contributed by atoms with Crippen molar-refractivity contribution >= 4 is 96.1 Å². The molecule has 0 spiro atoms. The van der Waals surface area contributed by atoms with Crippen LogP contribution >= 0.6 is 0 Å². The van der Waals surface area contributed by atoms with Gasteiger partial charge in [0.1, 0.15) is 45.6 Å². The van der Waals surface area contributed by atoms with Crippen molar-refractivity contribution in [2.45, 2.75) is 202 Å². The van der Waals surface area contributed by atoms with Crippen molar-refractivity contribution < 1.29 is 31.4 Å². The second kappa shape index (κ2) is 30.9. The Bertz CT molecular complexity index is 5850. The average Bonchev–Trinajstić information content (AvgIpc) is 1.44. The van der Waals surface area contributed by atoms with E-state index in [4.69, 9.17) is 0 Å². The average molecular weight is 1560 g/mol. The molecular formula is C101H119F3N4Si4+4. The van der Waals surface area contributed by atoms with Gasteiger partial charge in [-0.25, -0.2) is 31.4 Å². The van der Waals surface area contributed by atoms with Crippen LogP contribution in [0.4, 0.5) is 13.2 Å². The van der Waals surface area contributed by atoms with Gasteiger partial charge in [0.15, 0.2) is 24.8 Å². The van der Waals surface area contributed by atoms with E-state index in [1.165, 1.54) is 134 Å². The maximum absolute atomic E-state index is 15.2. The van der Waals surface area contributed by atoms with Crippen LogP contribution in [0, 0.1) is 79.8 Å². The molecule has 4 heterocycles. The van der Waals surface area contributed by atoms with E-state index in [0.29, 0.717) is 17.5 Å². The number of fused-ring (bicyclic) bond motifs is 4. The van der Waals surface area contributed by atoms with E-state index >= 15 is 4.39 Å². The highest BCUT2D eigenvalue weighted by Gasteiger charge is 2.44. The van der Waals surface area contributed by atoms with E-state index in [9.17, 15) is 8.78 Å². The molecule has 4 aliphatic rings. The molecule has 17 rings (SSSR count). The van der Waals surface area contributed by atoms with Crippen LogP contribution in [0.3, 0.4) is 0 Å². The van der Waals surface area contributed by atoms with Crippen molar-refractivity contribution in [2.24, 2.45) is 28.2 Å². The van der Waals surface area contributed by atoms with Crippen molar-refractivity contribution in [3.8, 4) is 56.2 Å². The first-order valence-electron chi connectivity index (χ1n) is 41.3. The molecule has 4 fully saturated rings. The van der Waals surface area contributed by atoms with Crippen molar-refractivity contribution in [1.82, 2.24) is 0 Å². The van der Waals surface area contributed by atoms with Gasteiger partial charge in [0, 0.05) is 24.3 Å².